The highest BCUT2D eigenvalue weighted by Crippen LogP contribution is 2.58. The van der Waals surface area contributed by atoms with Gasteiger partial charge in [0, 0.05) is 0 Å². The predicted molar refractivity (Wildman–Crippen MR) is 50.7 cm³/mol. The van der Waals surface area contributed by atoms with Gasteiger partial charge in [0.25, 0.3) is 0 Å². The van der Waals surface area contributed by atoms with Crippen LogP contribution in [0.4, 0.5) is 74.6 Å². The molecular formula is C10H3F17. The largest absolute Gasteiger partial charge is 0.460 e. The van der Waals surface area contributed by atoms with E-state index in [1.54, 1.807) is 0 Å². The summed E-state index contributed by atoms with van der Waals surface area (Å²) in [5.74, 6) is -15.5. The van der Waals surface area contributed by atoms with Crippen LogP contribution < -0.4 is 0 Å². The Hall–Kier alpha value is -1.45. The third-order valence-electron chi connectivity index (χ3n) is 3.02. The van der Waals surface area contributed by atoms with E-state index in [9.17, 15) is 74.6 Å². The molecule has 0 rings (SSSR count). The van der Waals surface area contributed by atoms with Gasteiger partial charge in [-0.3, -0.25) is 0 Å². The molecule has 0 N–H and O–H groups in total. The van der Waals surface area contributed by atoms with E-state index in [-0.39, 0.29) is 0 Å². The summed E-state index contributed by atoms with van der Waals surface area (Å²) in [4.78, 5) is 0. The number of allylic oxidation sites excluding steroid dienone is 2. The van der Waals surface area contributed by atoms with E-state index < -0.39 is 60.3 Å². The maximum atomic E-state index is 13.5. The normalized spacial score (nSPS) is 17.1. The lowest BCUT2D eigenvalue weighted by Crippen LogP contribution is -2.59. The number of alkyl halides is 17. The molecule has 0 spiro atoms. The van der Waals surface area contributed by atoms with Gasteiger partial charge in [0.1, 0.15) is 5.57 Å². The van der Waals surface area contributed by atoms with E-state index in [1.165, 1.54) is 0 Å². The van der Waals surface area contributed by atoms with E-state index in [0.29, 0.717) is 0 Å². The van der Waals surface area contributed by atoms with Gasteiger partial charge in [-0.1, -0.05) is 0 Å². The van der Waals surface area contributed by atoms with E-state index in [0.717, 1.165) is 0 Å². The van der Waals surface area contributed by atoms with Crippen LogP contribution >= 0.6 is 0 Å². The molecular weight excluding hydrogens is 443 g/mol. The second-order valence-electron chi connectivity index (χ2n) is 4.80. The van der Waals surface area contributed by atoms with Crippen molar-refractivity contribution in [2.75, 3.05) is 0 Å². The molecule has 0 heterocycles. The first-order valence-electron chi connectivity index (χ1n) is 5.71. The minimum Gasteiger partial charge on any atom is -0.219 e. The summed E-state index contributed by atoms with van der Waals surface area (Å²) in [6.07, 6.45) is -29.9. The maximum Gasteiger partial charge on any atom is 0.460 e. The lowest BCUT2D eigenvalue weighted by molar-refractivity contribution is -0.353. The van der Waals surface area contributed by atoms with Crippen LogP contribution in [0.25, 0.3) is 0 Å². The molecule has 0 nitrogen and oxygen atoms in total. The highest BCUT2D eigenvalue weighted by Gasteiger charge is 2.81. The molecule has 0 aromatic heterocycles. The Labute approximate surface area is 136 Å². The minimum atomic E-state index is -7.80. The topological polar surface area (TPSA) is 0 Å². The highest BCUT2D eigenvalue weighted by atomic mass is 19.4. The number of rotatable bonds is 3. The Kier molecular flexibility index (Phi) is 5.95. The molecule has 0 aliphatic heterocycles. The van der Waals surface area contributed by atoms with Crippen molar-refractivity contribution in [2.45, 2.75) is 49.1 Å². The molecule has 27 heavy (non-hydrogen) atoms. The molecule has 0 radical (unpaired) electrons. The summed E-state index contributed by atoms with van der Waals surface area (Å²) in [5, 5.41) is 0. The maximum absolute atomic E-state index is 13.5. The Bertz CT molecular complexity index is 563. The van der Waals surface area contributed by atoms with Crippen molar-refractivity contribution < 1.29 is 74.6 Å². The van der Waals surface area contributed by atoms with Crippen LogP contribution in [0.1, 0.15) is 6.92 Å². The van der Waals surface area contributed by atoms with Crippen LogP contribution in [0, 0.1) is 0 Å². The molecule has 0 aliphatic carbocycles. The summed E-state index contributed by atoms with van der Waals surface area (Å²) in [6.45, 7) is -1.27. The van der Waals surface area contributed by atoms with Crippen molar-refractivity contribution in [1.82, 2.24) is 0 Å². The van der Waals surface area contributed by atoms with Gasteiger partial charge in [0.05, 0.1) is 0 Å². The Morgan fingerprint density at radius 2 is 0.778 bits per heavy atom. The van der Waals surface area contributed by atoms with Crippen molar-refractivity contribution in [3.05, 3.63) is 11.1 Å². The molecule has 0 saturated carbocycles. The van der Waals surface area contributed by atoms with Crippen LogP contribution in [0.15, 0.2) is 11.1 Å². The first-order chi connectivity index (χ1) is 11.3. The monoisotopic (exact) mass is 446 g/mol. The molecule has 0 aliphatic rings. The second kappa shape index (κ2) is 6.28. The minimum absolute atomic E-state index is 1.27. The molecule has 0 aromatic rings. The second-order valence-corrected chi connectivity index (χ2v) is 4.80. The van der Waals surface area contributed by atoms with Crippen LogP contribution in [0.5, 0.6) is 0 Å². The third kappa shape index (κ3) is 3.90. The smallest absolute Gasteiger partial charge is 0.219 e. The van der Waals surface area contributed by atoms with E-state index >= 15 is 0 Å². The van der Waals surface area contributed by atoms with Crippen molar-refractivity contribution in [3.8, 4) is 0 Å². The zero-order chi connectivity index (χ0) is 22.7. The van der Waals surface area contributed by atoms with Crippen LogP contribution in [0.3, 0.4) is 0 Å². The summed E-state index contributed by atoms with van der Waals surface area (Å²) in [5.41, 5.74) is -16.5. The molecule has 162 valence electrons. The average molecular weight is 446 g/mol. The quantitative estimate of drug-likeness (QED) is 0.342. The average Bonchev–Trinajstić information content (AvgIpc) is 2.30. The lowest BCUT2D eigenvalue weighted by atomic mass is 9.86. The first-order valence-corrected chi connectivity index (χ1v) is 5.71. The van der Waals surface area contributed by atoms with Gasteiger partial charge in [-0.15, -0.1) is 0 Å². The summed E-state index contributed by atoms with van der Waals surface area (Å²) in [7, 11) is 0. The van der Waals surface area contributed by atoms with Gasteiger partial charge in [0.15, 0.2) is 0 Å². The van der Waals surface area contributed by atoms with Crippen molar-refractivity contribution in [3.63, 3.8) is 0 Å². The van der Waals surface area contributed by atoms with Crippen LogP contribution in [-0.2, 0) is 0 Å². The molecule has 0 aromatic carbocycles. The first kappa shape index (κ1) is 25.6. The number of halogens is 17. The molecule has 0 bridgehead atoms. The SMILES string of the molecule is C/C(=C(\C(F)(F)F)C(F)(F)C(F)(F)C(F)(F)F)C(F)(C(F)(F)F)C(F)(F)F. The molecule has 0 saturated heterocycles. The fraction of sp³-hybridized carbons (Fsp3) is 0.800. The van der Waals surface area contributed by atoms with Crippen molar-refractivity contribution in [2.24, 2.45) is 0 Å². The number of hydrogen-bond donors (Lipinski definition) is 0. The fourth-order valence-electron chi connectivity index (χ4n) is 1.72. The van der Waals surface area contributed by atoms with Crippen molar-refractivity contribution >= 4 is 0 Å². The van der Waals surface area contributed by atoms with Gasteiger partial charge in [-0.05, 0) is 12.5 Å². The van der Waals surface area contributed by atoms with Crippen LogP contribution in [-0.4, -0.2) is 42.2 Å². The summed E-state index contributed by atoms with van der Waals surface area (Å²) in [6, 6.07) is 0. The predicted octanol–water partition coefficient (Wildman–Crippen LogP) is 6.53. The van der Waals surface area contributed by atoms with Gasteiger partial charge in [-0.25, -0.2) is 4.39 Å². The lowest BCUT2D eigenvalue weighted by Gasteiger charge is -2.36. The van der Waals surface area contributed by atoms with Gasteiger partial charge in [0.2, 0.25) is 0 Å². The Balaban J connectivity index is 7.35. The number of hydrogen-bond acceptors (Lipinski definition) is 0. The van der Waals surface area contributed by atoms with E-state index in [1.807, 2.05) is 0 Å². The van der Waals surface area contributed by atoms with Gasteiger partial charge >= 0.3 is 42.2 Å². The molecule has 0 atom stereocenters. The molecule has 17 heteroatoms. The van der Waals surface area contributed by atoms with Crippen LogP contribution in [0.2, 0.25) is 0 Å². The zero-order valence-electron chi connectivity index (χ0n) is 11.9. The molecule has 0 amide bonds. The standard InChI is InChI=1S/C10H3F17/c1-2(4(11,8(19,20)21)9(22,23)24)3(6(14,15)16)5(12,13)7(17,18)10(25,26)27/h1H3/b3-2+. The van der Waals surface area contributed by atoms with Crippen molar-refractivity contribution in [1.29, 1.82) is 0 Å². The van der Waals surface area contributed by atoms with Gasteiger partial charge < -0.3 is 0 Å². The Morgan fingerprint density at radius 3 is 0.963 bits per heavy atom. The molecule has 0 unspecified atom stereocenters. The zero-order valence-corrected chi connectivity index (χ0v) is 11.9. The third-order valence-corrected chi connectivity index (χ3v) is 3.02. The summed E-state index contributed by atoms with van der Waals surface area (Å²) < 4.78 is 213. The van der Waals surface area contributed by atoms with Gasteiger partial charge in [-0.2, -0.15) is 70.2 Å². The van der Waals surface area contributed by atoms with E-state index in [2.05, 4.69) is 0 Å². The van der Waals surface area contributed by atoms with E-state index in [4.69, 9.17) is 0 Å². The Morgan fingerprint density at radius 1 is 0.481 bits per heavy atom. The fourth-order valence-corrected chi connectivity index (χ4v) is 1.72. The highest BCUT2D eigenvalue weighted by molar-refractivity contribution is 5.36. The summed E-state index contributed by atoms with van der Waals surface area (Å²) >= 11 is 0. The molecule has 0 fully saturated rings.